The SMILES string of the molecule is CCOc1ccccc1NC(=O)CCN1C(=O)CSc2ccccc21. The van der Waals surface area contributed by atoms with Gasteiger partial charge >= 0.3 is 0 Å². The second-order valence-corrected chi connectivity index (χ2v) is 6.55. The molecule has 0 bridgehead atoms. The highest BCUT2D eigenvalue weighted by atomic mass is 32.2. The summed E-state index contributed by atoms with van der Waals surface area (Å²) in [6, 6.07) is 15.1. The van der Waals surface area contributed by atoms with Crippen LogP contribution in [0.4, 0.5) is 11.4 Å². The van der Waals surface area contributed by atoms with E-state index >= 15 is 0 Å². The number of carbonyl (C=O) groups is 2. The van der Waals surface area contributed by atoms with E-state index < -0.39 is 0 Å². The summed E-state index contributed by atoms with van der Waals surface area (Å²) in [5.41, 5.74) is 1.53. The summed E-state index contributed by atoms with van der Waals surface area (Å²) in [4.78, 5) is 27.3. The van der Waals surface area contributed by atoms with Crippen molar-refractivity contribution in [2.75, 3.05) is 29.1 Å². The molecule has 3 rings (SSSR count). The number of thioether (sulfide) groups is 1. The second kappa shape index (κ2) is 8.07. The van der Waals surface area contributed by atoms with Gasteiger partial charge in [0.25, 0.3) is 0 Å². The zero-order valence-corrected chi connectivity index (χ0v) is 14.8. The molecule has 5 nitrogen and oxygen atoms in total. The topological polar surface area (TPSA) is 58.6 Å². The second-order valence-electron chi connectivity index (χ2n) is 5.53. The summed E-state index contributed by atoms with van der Waals surface area (Å²) in [6.45, 7) is 2.79. The Morgan fingerprint density at radius 2 is 1.96 bits per heavy atom. The minimum absolute atomic E-state index is 0.0335. The van der Waals surface area contributed by atoms with Gasteiger partial charge in [-0.3, -0.25) is 9.59 Å². The third-order valence-corrected chi connectivity index (χ3v) is 4.88. The first-order valence-electron chi connectivity index (χ1n) is 8.23. The minimum atomic E-state index is -0.143. The normalized spacial score (nSPS) is 13.3. The van der Waals surface area contributed by atoms with Gasteiger partial charge in [0.1, 0.15) is 5.75 Å². The highest BCUT2D eigenvalue weighted by Gasteiger charge is 2.24. The first kappa shape index (κ1) is 17.4. The van der Waals surface area contributed by atoms with E-state index in [1.165, 1.54) is 11.8 Å². The van der Waals surface area contributed by atoms with Crippen LogP contribution in [-0.4, -0.2) is 30.7 Å². The van der Waals surface area contributed by atoms with E-state index in [2.05, 4.69) is 5.32 Å². The van der Waals surface area contributed by atoms with Gasteiger partial charge in [-0.1, -0.05) is 24.3 Å². The molecule has 2 amide bonds. The van der Waals surface area contributed by atoms with Crippen LogP contribution in [0.25, 0.3) is 0 Å². The van der Waals surface area contributed by atoms with Gasteiger partial charge in [-0.25, -0.2) is 0 Å². The Hall–Kier alpha value is -2.47. The Kier molecular flexibility index (Phi) is 5.60. The smallest absolute Gasteiger partial charge is 0.237 e. The van der Waals surface area contributed by atoms with Crippen LogP contribution in [0.2, 0.25) is 0 Å². The van der Waals surface area contributed by atoms with Gasteiger partial charge in [-0.15, -0.1) is 11.8 Å². The van der Waals surface area contributed by atoms with Crippen LogP contribution in [0.15, 0.2) is 53.4 Å². The lowest BCUT2D eigenvalue weighted by Gasteiger charge is -2.28. The Labute approximate surface area is 151 Å². The fraction of sp³-hybridized carbons (Fsp3) is 0.263. The van der Waals surface area contributed by atoms with Gasteiger partial charge in [-0.05, 0) is 31.2 Å². The number of para-hydroxylation sites is 3. The lowest BCUT2D eigenvalue weighted by Crippen LogP contribution is -2.37. The number of benzene rings is 2. The fourth-order valence-electron chi connectivity index (χ4n) is 2.68. The van der Waals surface area contributed by atoms with E-state index in [9.17, 15) is 9.59 Å². The Balaban J connectivity index is 1.64. The number of ether oxygens (including phenoxy) is 1. The number of nitrogens with zero attached hydrogens (tertiary/aromatic N) is 1. The van der Waals surface area contributed by atoms with Crippen molar-refractivity contribution in [1.82, 2.24) is 0 Å². The van der Waals surface area contributed by atoms with Crippen LogP contribution in [0, 0.1) is 0 Å². The van der Waals surface area contributed by atoms with Crippen molar-refractivity contribution in [2.45, 2.75) is 18.2 Å². The van der Waals surface area contributed by atoms with Crippen molar-refractivity contribution in [1.29, 1.82) is 0 Å². The summed E-state index contributed by atoms with van der Waals surface area (Å²) >= 11 is 1.54. The number of nitrogens with one attached hydrogen (secondary N) is 1. The van der Waals surface area contributed by atoms with Crippen LogP contribution in [-0.2, 0) is 9.59 Å². The standard InChI is InChI=1S/C19H20N2O3S/c1-2-24-16-9-5-3-7-14(16)20-18(22)11-12-21-15-8-4-6-10-17(15)25-13-19(21)23/h3-10H,2,11-13H2,1H3,(H,20,22). The molecule has 0 fully saturated rings. The Morgan fingerprint density at radius 3 is 2.80 bits per heavy atom. The molecule has 0 aliphatic carbocycles. The molecule has 1 N–H and O–H groups in total. The third kappa shape index (κ3) is 4.14. The zero-order chi connectivity index (χ0) is 17.6. The molecule has 0 saturated carbocycles. The quantitative estimate of drug-likeness (QED) is 0.860. The molecule has 0 aromatic heterocycles. The molecule has 0 unspecified atom stereocenters. The number of rotatable bonds is 6. The van der Waals surface area contributed by atoms with E-state index in [0.29, 0.717) is 30.3 Å². The first-order chi connectivity index (χ1) is 12.2. The summed E-state index contributed by atoms with van der Waals surface area (Å²) in [5, 5.41) is 2.87. The number of carbonyl (C=O) groups excluding carboxylic acids is 2. The Morgan fingerprint density at radius 1 is 1.20 bits per heavy atom. The maximum atomic E-state index is 12.3. The summed E-state index contributed by atoms with van der Waals surface area (Å²) in [6.07, 6.45) is 0.227. The van der Waals surface area contributed by atoms with Gasteiger partial charge in [0, 0.05) is 17.9 Å². The maximum Gasteiger partial charge on any atom is 0.237 e. The number of amides is 2. The zero-order valence-electron chi connectivity index (χ0n) is 14.0. The van der Waals surface area contributed by atoms with E-state index in [1.807, 2.05) is 49.4 Å². The molecule has 25 heavy (non-hydrogen) atoms. The predicted molar refractivity (Wildman–Crippen MR) is 100 cm³/mol. The van der Waals surface area contributed by atoms with Crippen LogP contribution in [0.1, 0.15) is 13.3 Å². The van der Waals surface area contributed by atoms with Crippen molar-refractivity contribution < 1.29 is 14.3 Å². The molecule has 0 radical (unpaired) electrons. The monoisotopic (exact) mass is 356 g/mol. The van der Waals surface area contributed by atoms with Gasteiger partial charge in [0.05, 0.1) is 23.7 Å². The molecule has 2 aromatic carbocycles. The molecule has 130 valence electrons. The molecular weight excluding hydrogens is 336 g/mol. The van der Waals surface area contributed by atoms with Gasteiger partial charge < -0.3 is 15.0 Å². The third-order valence-electron chi connectivity index (χ3n) is 3.83. The lowest BCUT2D eigenvalue weighted by atomic mass is 10.2. The Bertz CT molecular complexity index is 779. The highest BCUT2D eigenvalue weighted by molar-refractivity contribution is 8.00. The van der Waals surface area contributed by atoms with Crippen LogP contribution < -0.4 is 15.0 Å². The van der Waals surface area contributed by atoms with Crippen molar-refractivity contribution in [3.8, 4) is 5.75 Å². The lowest BCUT2D eigenvalue weighted by molar-refractivity contribution is -0.117. The minimum Gasteiger partial charge on any atom is -0.492 e. The molecule has 1 heterocycles. The summed E-state index contributed by atoms with van der Waals surface area (Å²) in [5.74, 6) is 0.947. The van der Waals surface area contributed by atoms with E-state index in [0.717, 1.165) is 10.6 Å². The van der Waals surface area contributed by atoms with Crippen molar-refractivity contribution in [2.24, 2.45) is 0 Å². The molecule has 0 spiro atoms. The largest absolute Gasteiger partial charge is 0.492 e. The molecule has 0 atom stereocenters. The van der Waals surface area contributed by atoms with Crippen molar-refractivity contribution in [3.05, 3.63) is 48.5 Å². The molecule has 1 aliphatic heterocycles. The number of hydrogen-bond acceptors (Lipinski definition) is 4. The molecule has 2 aromatic rings. The molecular formula is C19H20N2O3S. The van der Waals surface area contributed by atoms with E-state index in [-0.39, 0.29) is 18.2 Å². The van der Waals surface area contributed by atoms with Gasteiger partial charge in [-0.2, -0.15) is 0 Å². The van der Waals surface area contributed by atoms with Gasteiger partial charge in [0.15, 0.2) is 0 Å². The number of hydrogen-bond donors (Lipinski definition) is 1. The average molecular weight is 356 g/mol. The maximum absolute atomic E-state index is 12.3. The van der Waals surface area contributed by atoms with E-state index in [4.69, 9.17) is 4.74 Å². The van der Waals surface area contributed by atoms with Gasteiger partial charge in [0.2, 0.25) is 11.8 Å². The van der Waals surface area contributed by atoms with E-state index in [1.54, 1.807) is 11.0 Å². The first-order valence-corrected chi connectivity index (χ1v) is 9.21. The van der Waals surface area contributed by atoms with Crippen LogP contribution in [0.3, 0.4) is 0 Å². The molecule has 0 saturated heterocycles. The molecule has 1 aliphatic rings. The summed E-state index contributed by atoms with van der Waals surface area (Å²) < 4.78 is 5.51. The van der Waals surface area contributed by atoms with Crippen LogP contribution >= 0.6 is 11.8 Å². The predicted octanol–water partition coefficient (Wildman–Crippen LogP) is 3.55. The number of fused-ring (bicyclic) bond motifs is 1. The average Bonchev–Trinajstić information content (AvgIpc) is 2.63. The highest BCUT2D eigenvalue weighted by Crippen LogP contribution is 2.35. The van der Waals surface area contributed by atoms with Crippen molar-refractivity contribution >= 4 is 35.0 Å². The molecule has 6 heteroatoms. The van der Waals surface area contributed by atoms with Crippen LogP contribution in [0.5, 0.6) is 5.75 Å². The van der Waals surface area contributed by atoms with Crippen molar-refractivity contribution in [3.63, 3.8) is 0 Å². The summed E-state index contributed by atoms with van der Waals surface area (Å²) in [7, 11) is 0. The fourth-order valence-corrected chi connectivity index (χ4v) is 3.61. The number of anilines is 2.